The highest BCUT2D eigenvalue weighted by atomic mass is 79.9. The molecule has 0 spiro atoms. The first-order valence-corrected chi connectivity index (χ1v) is 6.35. The molecule has 2 nitrogen and oxygen atoms in total. The van der Waals surface area contributed by atoms with E-state index in [2.05, 4.69) is 25.9 Å². The van der Waals surface area contributed by atoms with Crippen LogP contribution in [-0.2, 0) is 0 Å². The van der Waals surface area contributed by atoms with Gasteiger partial charge in [-0.25, -0.2) is 9.37 Å². The fraction of sp³-hybridized carbons (Fsp3) is 0.0714. The maximum atomic E-state index is 13.5. The molecule has 0 aliphatic rings. The van der Waals surface area contributed by atoms with Crippen LogP contribution in [0.1, 0.15) is 5.56 Å². The van der Waals surface area contributed by atoms with E-state index in [1.54, 1.807) is 6.07 Å². The fourth-order valence-electron chi connectivity index (χ4n) is 1.94. The predicted molar refractivity (Wildman–Crippen MR) is 73.9 cm³/mol. The van der Waals surface area contributed by atoms with Crippen LogP contribution in [0.3, 0.4) is 0 Å². The Hall–Kier alpha value is -1.68. The zero-order valence-corrected chi connectivity index (χ0v) is 11.3. The minimum Gasteiger partial charge on any atom is -0.338 e. The number of nitrogens with zero attached hydrogens (tertiary/aromatic N) is 1. The van der Waals surface area contributed by atoms with E-state index in [0.29, 0.717) is 10.3 Å². The molecule has 0 aliphatic carbocycles. The van der Waals surface area contributed by atoms with Gasteiger partial charge in [0.25, 0.3) is 0 Å². The summed E-state index contributed by atoms with van der Waals surface area (Å²) >= 11 is 3.25. The molecule has 90 valence electrons. The highest BCUT2D eigenvalue weighted by molar-refractivity contribution is 9.10. The number of imidazole rings is 1. The van der Waals surface area contributed by atoms with Gasteiger partial charge < -0.3 is 4.98 Å². The molecule has 18 heavy (non-hydrogen) atoms. The van der Waals surface area contributed by atoms with E-state index in [1.165, 1.54) is 6.07 Å². The van der Waals surface area contributed by atoms with Crippen LogP contribution in [0.15, 0.2) is 40.9 Å². The van der Waals surface area contributed by atoms with Crippen LogP contribution >= 0.6 is 15.9 Å². The highest BCUT2D eigenvalue weighted by Gasteiger charge is 2.11. The second-order valence-corrected chi connectivity index (χ2v) is 5.00. The van der Waals surface area contributed by atoms with Gasteiger partial charge in [0.1, 0.15) is 11.6 Å². The van der Waals surface area contributed by atoms with Gasteiger partial charge in [0.05, 0.1) is 15.5 Å². The Bertz CT molecular complexity index is 734. The van der Waals surface area contributed by atoms with Crippen LogP contribution in [0.5, 0.6) is 0 Å². The average molecular weight is 305 g/mol. The molecular weight excluding hydrogens is 295 g/mol. The van der Waals surface area contributed by atoms with Crippen molar-refractivity contribution in [1.29, 1.82) is 0 Å². The van der Waals surface area contributed by atoms with Gasteiger partial charge in [-0.05, 0) is 52.7 Å². The summed E-state index contributed by atoms with van der Waals surface area (Å²) in [6.45, 7) is 2.03. The van der Waals surface area contributed by atoms with Crippen LogP contribution in [0.2, 0.25) is 0 Å². The standard InChI is InChI=1S/C14H10BrFN2/c1-8-5-6-11-12(7-8)18-14(17-11)9-3-2-4-10(16)13(9)15/h2-7H,1H3,(H,17,18). The molecule has 4 heteroatoms. The van der Waals surface area contributed by atoms with Crippen molar-refractivity contribution in [3.05, 3.63) is 52.3 Å². The van der Waals surface area contributed by atoms with Gasteiger partial charge in [-0.1, -0.05) is 12.1 Å². The molecule has 3 rings (SSSR count). The minimum absolute atomic E-state index is 0.288. The predicted octanol–water partition coefficient (Wildman–Crippen LogP) is 4.44. The molecule has 0 bridgehead atoms. The number of aromatic amines is 1. The van der Waals surface area contributed by atoms with Crippen LogP contribution in [0.25, 0.3) is 22.4 Å². The van der Waals surface area contributed by atoms with E-state index in [-0.39, 0.29) is 5.82 Å². The average Bonchev–Trinajstić information content (AvgIpc) is 2.75. The Morgan fingerprint density at radius 1 is 1.22 bits per heavy atom. The molecule has 0 unspecified atom stereocenters. The van der Waals surface area contributed by atoms with Crippen molar-refractivity contribution < 1.29 is 4.39 Å². The Morgan fingerprint density at radius 2 is 2.06 bits per heavy atom. The summed E-state index contributed by atoms with van der Waals surface area (Å²) in [5.74, 6) is 0.381. The zero-order chi connectivity index (χ0) is 12.7. The van der Waals surface area contributed by atoms with E-state index >= 15 is 0 Å². The first-order valence-electron chi connectivity index (χ1n) is 5.56. The third-order valence-electron chi connectivity index (χ3n) is 2.84. The maximum absolute atomic E-state index is 13.5. The molecule has 0 radical (unpaired) electrons. The SMILES string of the molecule is Cc1ccc2nc(-c3cccc(F)c3Br)[nH]c2c1. The number of rotatable bonds is 1. The van der Waals surface area contributed by atoms with Gasteiger partial charge in [-0.3, -0.25) is 0 Å². The van der Waals surface area contributed by atoms with Crippen molar-refractivity contribution in [2.45, 2.75) is 6.92 Å². The molecule has 0 amide bonds. The molecule has 0 fully saturated rings. The number of aryl methyl sites for hydroxylation is 1. The lowest BCUT2D eigenvalue weighted by Crippen LogP contribution is -1.85. The monoisotopic (exact) mass is 304 g/mol. The van der Waals surface area contributed by atoms with Gasteiger partial charge in [0.15, 0.2) is 0 Å². The molecule has 3 aromatic rings. The second-order valence-electron chi connectivity index (χ2n) is 4.21. The first-order chi connectivity index (χ1) is 8.65. The maximum Gasteiger partial charge on any atom is 0.139 e. The van der Waals surface area contributed by atoms with E-state index < -0.39 is 0 Å². The lowest BCUT2D eigenvalue weighted by molar-refractivity contribution is 0.621. The quantitative estimate of drug-likeness (QED) is 0.707. The number of halogens is 2. The molecular formula is C14H10BrFN2. The molecule has 0 saturated carbocycles. The van der Waals surface area contributed by atoms with Crippen molar-refractivity contribution in [3.63, 3.8) is 0 Å². The minimum atomic E-state index is -0.288. The summed E-state index contributed by atoms with van der Waals surface area (Å²) in [7, 11) is 0. The number of benzene rings is 2. The van der Waals surface area contributed by atoms with Gasteiger partial charge in [-0.2, -0.15) is 0 Å². The third-order valence-corrected chi connectivity index (χ3v) is 3.65. The summed E-state index contributed by atoms with van der Waals surface area (Å²) in [4.78, 5) is 7.69. The summed E-state index contributed by atoms with van der Waals surface area (Å²) in [5.41, 5.74) is 3.73. The second kappa shape index (κ2) is 4.21. The van der Waals surface area contributed by atoms with Crippen molar-refractivity contribution in [3.8, 4) is 11.4 Å². The topological polar surface area (TPSA) is 28.7 Å². The van der Waals surface area contributed by atoms with Crippen molar-refractivity contribution in [2.24, 2.45) is 0 Å². The number of nitrogens with one attached hydrogen (secondary N) is 1. The molecule has 0 saturated heterocycles. The third kappa shape index (κ3) is 1.82. The molecule has 1 heterocycles. The number of fused-ring (bicyclic) bond motifs is 1. The Kier molecular flexibility index (Phi) is 2.67. The largest absolute Gasteiger partial charge is 0.338 e. The number of aromatic nitrogens is 2. The smallest absolute Gasteiger partial charge is 0.139 e. The lowest BCUT2D eigenvalue weighted by atomic mass is 10.2. The van der Waals surface area contributed by atoms with E-state index in [4.69, 9.17) is 0 Å². The van der Waals surface area contributed by atoms with Gasteiger partial charge in [0, 0.05) is 5.56 Å². The summed E-state index contributed by atoms with van der Waals surface area (Å²) in [5, 5.41) is 0. The number of hydrogen-bond acceptors (Lipinski definition) is 1. The van der Waals surface area contributed by atoms with Crippen LogP contribution < -0.4 is 0 Å². The van der Waals surface area contributed by atoms with Gasteiger partial charge in [0.2, 0.25) is 0 Å². The summed E-state index contributed by atoms with van der Waals surface area (Å²) in [6.07, 6.45) is 0. The summed E-state index contributed by atoms with van der Waals surface area (Å²) in [6, 6.07) is 10.9. The van der Waals surface area contributed by atoms with Crippen molar-refractivity contribution in [2.75, 3.05) is 0 Å². The first kappa shape index (κ1) is 11.4. The van der Waals surface area contributed by atoms with E-state index in [0.717, 1.165) is 22.2 Å². The normalized spacial score (nSPS) is 11.1. The van der Waals surface area contributed by atoms with E-state index in [1.807, 2.05) is 31.2 Å². The summed E-state index contributed by atoms with van der Waals surface area (Å²) < 4.78 is 13.9. The molecule has 0 aliphatic heterocycles. The number of hydrogen-bond donors (Lipinski definition) is 1. The Balaban J connectivity index is 2.22. The van der Waals surface area contributed by atoms with Crippen molar-refractivity contribution in [1.82, 2.24) is 9.97 Å². The van der Waals surface area contributed by atoms with Crippen LogP contribution in [0, 0.1) is 12.7 Å². The van der Waals surface area contributed by atoms with Crippen LogP contribution in [-0.4, -0.2) is 9.97 Å². The lowest BCUT2D eigenvalue weighted by Gasteiger charge is -2.00. The zero-order valence-electron chi connectivity index (χ0n) is 9.67. The van der Waals surface area contributed by atoms with E-state index in [9.17, 15) is 4.39 Å². The van der Waals surface area contributed by atoms with Gasteiger partial charge in [-0.15, -0.1) is 0 Å². The molecule has 1 N–H and O–H groups in total. The molecule has 1 aromatic heterocycles. The molecule has 2 aromatic carbocycles. The van der Waals surface area contributed by atoms with Crippen LogP contribution in [0.4, 0.5) is 4.39 Å². The van der Waals surface area contributed by atoms with Gasteiger partial charge >= 0.3 is 0 Å². The Morgan fingerprint density at radius 3 is 2.89 bits per heavy atom. The highest BCUT2D eigenvalue weighted by Crippen LogP contribution is 2.29. The Labute approximate surface area is 112 Å². The van der Waals surface area contributed by atoms with Crippen molar-refractivity contribution >= 4 is 27.0 Å². The molecule has 0 atom stereocenters. The number of H-pyrrole nitrogens is 1. The fourth-order valence-corrected chi connectivity index (χ4v) is 2.39.